The molecule has 1 aliphatic rings. The van der Waals surface area contributed by atoms with E-state index >= 15 is 0 Å². The van der Waals surface area contributed by atoms with Crippen molar-refractivity contribution in [2.75, 3.05) is 25.1 Å². The van der Waals surface area contributed by atoms with Gasteiger partial charge >= 0.3 is 6.09 Å². The van der Waals surface area contributed by atoms with Crippen molar-refractivity contribution in [1.29, 1.82) is 0 Å². The van der Waals surface area contributed by atoms with Crippen LogP contribution >= 0.6 is 0 Å². The monoisotopic (exact) mass is 368 g/mol. The topological polar surface area (TPSA) is 67.9 Å². The molecule has 0 radical (unpaired) electrons. The van der Waals surface area contributed by atoms with E-state index in [1.165, 1.54) is 0 Å². The molecule has 0 spiro atoms. The van der Waals surface area contributed by atoms with Crippen molar-refractivity contribution >= 4 is 17.7 Å². The number of nitrogens with zero attached hydrogens (tertiary/aromatic N) is 1. The number of hydrogen-bond donors (Lipinski definition) is 1. The van der Waals surface area contributed by atoms with Gasteiger partial charge in [0.15, 0.2) is 0 Å². The van der Waals surface area contributed by atoms with Gasteiger partial charge in [-0.1, -0.05) is 29.8 Å². The molecule has 0 aromatic heterocycles. The molecule has 2 aromatic rings. The molecule has 6 heteroatoms. The van der Waals surface area contributed by atoms with Crippen molar-refractivity contribution in [3.63, 3.8) is 0 Å². The molecule has 142 valence electrons. The van der Waals surface area contributed by atoms with Crippen molar-refractivity contribution < 1.29 is 19.1 Å². The van der Waals surface area contributed by atoms with Crippen molar-refractivity contribution in [3.8, 4) is 5.75 Å². The molecule has 0 aliphatic carbocycles. The summed E-state index contributed by atoms with van der Waals surface area (Å²) in [5, 5.41) is 2.85. The molecule has 1 atom stereocenters. The molecule has 1 aliphatic heterocycles. The lowest BCUT2D eigenvalue weighted by Gasteiger charge is -2.13. The molecule has 3 rings (SSSR count). The van der Waals surface area contributed by atoms with Crippen LogP contribution in [0.25, 0.3) is 0 Å². The van der Waals surface area contributed by atoms with Crippen molar-refractivity contribution in [1.82, 2.24) is 5.32 Å². The van der Waals surface area contributed by atoms with Gasteiger partial charge in [-0.05, 0) is 43.2 Å². The predicted molar refractivity (Wildman–Crippen MR) is 103 cm³/mol. The minimum absolute atomic E-state index is 0.0596. The number of rotatable bonds is 7. The molecule has 1 N–H and O–H groups in total. The van der Waals surface area contributed by atoms with Crippen LogP contribution in [0.15, 0.2) is 48.5 Å². The Morgan fingerprint density at radius 2 is 1.89 bits per heavy atom. The normalized spacial score (nSPS) is 16.1. The molecular weight excluding hydrogens is 344 g/mol. The van der Waals surface area contributed by atoms with E-state index in [1.54, 1.807) is 12.0 Å². The minimum Gasteiger partial charge on any atom is -0.497 e. The maximum atomic E-state index is 12.1. The fourth-order valence-electron chi connectivity index (χ4n) is 2.93. The van der Waals surface area contributed by atoms with E-state index < -0.39 is 0 Å². The molecule has 2 aromatic carbocycles. The quantitative estimate of drug-likeness (QED) is 0.816. The van der Waals surface area contributed by atoms with E-state index in [9.17, 15) is 9.59 Å². The fourth-order valence-corrected chi connectivity index (χ4v) is 2.93. The number of carbonyl (C=O) groups is 2. The third-order valence-corrected chi connectivity index (χ3v) is 4.55. The van der Waals surface area contributed by atoms with Crippen LogP contribution < -0.4 is 15.0 Å². The second-order valence-corrected chi connectivity index (χ2v) is 6.60. The number of cyclic esters (lactones) is 1. The first kappa shape index (κ1) is 18.8. The number of anilines is 1. The molecule has 6 nitrogen and oxygen atoms in total. The summed E-state index contributed by atoms with van der Waals surface area (Å²) < 4.78 is 10.5. The number of benzene rings is 2. The van der Waals surface area contributed by atoms with E-state index in [0.717, 1.165) is 22.6 Å². The molecule has 2 amide bonds. The number of hydrogen-bond acceptors (Lipinski definition) is 4. The van der Waals surface area contributed by atoms with Gasteiger partial charge in [-0.25, -0.2) is 4.79 Å². The summed E-state index contributed by atoms with van der Waals surface area (Å²) in [7, 11) is 1.62. The van der Waals surface area contributed by atoms with E-state index in [2.05, 4.69) is 5.32 Å². The van der Waals surface area contributed by atoms with Crippen molar-refractivity contribution in [2.24, 2.45) is 0 Å². The summed E-state index contributed by atoms with van der Waals surface area (Å²) >= 11 is 0. The number of methoxy groups -OCH3 is 1. The molecule has 27 heavy (non-hydrogen) atoms. The molecule has 0 bridgehead atoms. The lowest BCUT2D eigenvalue weighted by Crippen LogP contribution is -2.34. The fraction of sp³-hybridized carbons (Fsp3) is 0.333. The minimum atomic E-state index is -0.378. The Morgan fingerprint density at radius 1 is 1.19 bits per heavy atom. The zero-order valence-corrected chi connectivity index (χ0v) is 15.6. The van der Waals surface area contributed by atoms with E-state index in [1.807, 2.05) is 55.5 Å². The van der Waals surface area contributed by atoms with Crippen LogP contribution in [-0.2, 0) is 16.0 Å². The lowest BCUT2D eigenvalue weighted by molar-refractivity contribution is -0.121. The summed E-state index contributed by atoms with van der Waals surface area (Å²) in [6.45, 7) is 2.74. The van der Waals surface area contributed by atoms with E-state index in [-0.39, 0.29) is 18.1 Å². The summed E-state index contributed by atoms with van der Waals surface area (Å²) in [5.41, 5.74) is 3.01. The maximum absolute atomic E-state index is 12.1. The highest BCUT2D eigenvalue weighted by molar-refractivity contribution is 5.89. The van der Waals surface area contributed by atoms with Crippen molar-refractivity contribution in [3.05, 3.63) is 59.7 Å². The number of ether oxygens (including phenoxy) is 2. The number of aryl methyl sites for hydroxylation is 2. The van der Waals surface area contributed by atoms with Gasteiger partial charge in [-0.3, -0.25) is 9.69 Å². The highest BCUT2D eigenvalue weighted by atomic mass is 16.6. The summed E-state index contributed by atoms with van der Waals surface area (Å²) in [6.07, 6.45) is 0.310. The number of amides is 2. The third-order valence-electron chi connectivity index (χ3n) is 4.55. The molecular formula is C21H24N2O4. The summed E-state index contributed by atoms with van der Waals surface area (Å²) in [5.74, 6) is 0.736. The first-order valence-electron chi connectivity index (χ1n) is 8.99. The van der Waals surface area contributed by atoms with E-state index in [0.29, 0.717) is 25.9 Å². The van der Waals surface area contributed by atoms with Gasteiger partial charge in [0.25, 0.3) is 0 Å². The Morgan fingerprint density at radius 3 is 2.56 bits per heavy atom. The Labute approximate surface area is 159 Å². The number of carbonyl (C=O) groups excluding carboxylic acids is 2. The highest BCUT2D eigenvalue weighted by Gasteiger charge is 2.32. The Kier molecular flexibility index (Phi) is 5.96. The Bertz CT molecular complexity index is 787. The maximum Gasteiger partial charge on any atom is 0.414 e. The third kappa shape index (κ3) is 5.00. The second kappa shape index (κ2) is 8.58. The van der Waals surface area contributed by atoms with Gasteiger partial charge in [0, 0.05) is 12.1 Å². The van der Waals surface area contributed by atoms with Crippen LogP contribution in [0.2, 0.25) is 0 Å². The van der Waals surface area contributed by atoms with Gasteiger partial charge in [-0.2, -0.15) is 0 Å². The molecule has 1 unspecified atom stereocenters. The Hall–Kier alpha value is -3.02. The van der Waals surface area contributed by atoms with Gasteiger partial charge < -0.3 is 14.8 Å². The van der Waals surface area contributed by atoms with Crippen LogP contribution in [0.5, 0.6) is 5.75 Å². The van der Waals surface area contributed by atoms with Crippen LogP contribution in [0, 0.1) is 6.92 Å². The van der Waals surface area contributed by atoms with Gasteiger partial charge in [-0.15, -0.1) is 0 Å². The standard InChI is InChI=1S/C21H24N2O4/c1-15-3-8-17(9-4-15)23-14-19(27-21(23)25)13-22-20(24)12-7-16-5-10-18(26-2)11-6-16/h3-6,8-11,19H,7,12-14H2,1-2H3,(H,22,24). The molecule has 1 fully saturated rings. The SMILES string of the molecule is COc1ccc(CCC(=O)NCC2CN(c3ccc(C)cc3)C(=O)O2)cc1. The number of nitrogens with one attached hydrogen (secondary N) is 1. The first-order chi connectivity index (χ1) is 13.0. The Balaban J connectivity index is 1.43. The average Bonchev–Trinajstić information content (AvgIpc) is 3.06. The zero-order chi connectivity index (χ0) is 19.2. The largest absolute Gasteiger partial charge is 0.497 e. The summed E-state index contributed by atoms with van der Waals surface area (Å²) in [6, 6.07) is 15.4. The highest BCUT2D eigenvalue weighted by Crippen LogP contribution is 2.21. The summed E-state index contributed by atoms with van der Waals surface area (Å²) in [4.78, 5) is 25.7. The smallest absolute Gasteiger partial charge is 0.414 e. The van der Waals surface area contributed by atoms with Crippen LogP contribution in [-0.4, -0.2) is 38.3 Å². The average molecular weight is 368 g/mol. The van der Waals surface area contributed by atoms with Crippen LogP contribution in [0.3, 0.4) is 0 Å². The first-order valence-corrected chi connectivity index (χ1v) is 8.99. The van der Waals surface area contributed by atoms with Crippen molar-refractivity contribution in [2.45, 2.75) is 25.9 Å². The van der Waals surface area contributed by atoms with E-state index in [4.69, 9.17) is 9.47 Å². The van der Waals surface area contributed by atoms with Gasteiger partial charge in [0.05, 0.1) is 20.2 Å². The molecule has 1 heterocycles. The molecule has 1 saturated heterocycles. The van der Waals surface area contributed by atoms with Crippen LogP contribution in [0.1, 0.15) is 17.5 Å². The van der Waals surface area contributed by atoms with Gasteiger partial charge in [0.2, 0.25) is 5.91 Å². The van der Waals surface area contributed by atoms with Gasteiger partial charge in [0.1, 0.15) is 11.9 Å². The van der Waals surface area contributed by atoms with Crippen LogP contribution in [0.4, 0.5) is 10.5 Å². The predicted octanol–water partition coefficient (Wildman–Crippen LogP) is 3.08. The molecule has 0 saturated carbocycles. The lowest BCUT2D eigenvalue weighted by atomic mass is 10.1. The zero-order valence-electron chi connectivity index (χ0n) is 15.6. The second-order valence-electron chi connectivity index (χ2n) is 6.60.